The Morgan fingerprint density at radius 3 is 2.71 bits per heavy atom. The number of rotatable bonds is 10. The monoisotopic (exact) mass is 550 g/mol. The van der Waals surface area contributed by atoms with Gasteiger partial charge in [0.25, 0.3) is 5.91 Å². The molecular weight excluding hydrogens is 528 g/mol. The largest absolute Gasteiger partial charge is 0.506 e. The van der Waals surface area contributed by atoms with E-state index in [4.69, 9.17) is 27.5 Å². The molecule has 38 heavy (non-hydrogen) atoms. The van der Waals surface area contributed by atoms with E-state index >= 15 is 0 Å². The van der Waals surface area contributed by atoms with Crippen molar-refractivity contribution in [2.24, 2.45) is 5.73 Å². The molecule has 1 amide bonds. The van der Waals surface area contributed by atoms with E-state index in [1.807, 2.05) is 24.3 Å². The van der Waals surface area contributed by atoms with Crippen molar-refractivity contribution >= 4 is 52.6 Å². The number of fused-ring (bicyclic) bond motifs is 1. The topological polar surface area (TPSA) is 170 Å². The minimum Gasteiger partial charge on any atom is -0.506 e. The van der Waals surface area contributed by atoms with E-state index in [0.717, 1.165) is 18.5 Å². The quantitative estimate of drug-likeness (QED) is 0.122. The second-order valence-electron chi connectivity index (χ2n) is 8.28. The maximum absolute atomic E-state index is 11.5. The first-order chi connectivity index (χ1) is 18.4. The number of nitrogens with one attached hydrogen (secondary N) is 2. The molecule has 0 atom stereocenters. The predicted molar refractivity (Wildman–Crippen MR) is 147 cm³/mol. The molecule has 194 valence electrons. The molecule has 0 spiro atoms. The Morgan fingerprint density at radius 2 is 1.97 bits per heavy atom. The van der Waals surface area contributed by atoms with Crippen LogP contribution < -0.4 is 21.5 Å². The van der Waals surface area contributed by atoms with Crippen molar-refractivity contribution in [2.45, 2.75) is 17.7 Å². The number of aryl methyl sites for hydroxylation is 1. The molecule has 7 N–H and O–H groups in total. The summed E-state index contributed by atoms with van der Waals surface area (Å²) in [5.41, 5.74) is 14.0. The zero-order valence-corrected chi connectivity index (χ0v) is 21.5. The molecule has 13 heteroatoms. The normalized spacial score (nSPS) is 11.1. The number of nitrogens with zero attached hydrogens (tertiary/aromatic N) is 4. The average Bonchev–Trinajstić information content (AvgIpc) is 3.58. The third-order valence-corrected chi connectivity index (χ3v) is 6.68. The number of aromatic nitrogens is 4. The number of halogens is 1. The Morgan fingerprint density at radius 1 is 1.16 bits per heavy atom. The number of hydrogen-bond acceptors (Lipinski definition) is 10. The lowest BCUT2D eigenvalue weighted by Gasteiger charge is -2.10. The number of amides is 1. The van der Waals surface area contributed by atoms with Crippen LogP contribution >= 0.6 is 23.5 Å². The number of primary amides is 1. The molecule has 11 nitrogen and oxygen atoms in total. The van der Waals surface area contributed by atoms with Crippen molar-refractivity contribution in [3.05, 3.63) is 77.0 Å². The van der Waals surface area contributed by atoms with Gasteiger partial charge in [-0.05, 0) is 66.8 Å². The van der Waals surface area contributed by atoms with Crippen molar-refractivity contribution in [1.29, 1.82) is 0 Å². The highest BCUT2D eigenvalue weighted by Crippen LogP contribution is 2.33. The van der Waals surface area contributed by atoms with Crippen LogP contribution in [-0.2, 0) is 6.42 Å². The summed E-state index contributed by atoms with van der Waals surface area (Å²) >= 11 is 7.25. The molecule has 3 heterocycles. The van der Waals surface area contributed by atoms with E-state index in [0.29, 0.717) is 34.5 Å². The molecule has 0 saturated carbocycles. The maximum atomic E-state index is 11.5. The number of nitrogen functional groups attached to an aromatic ring is 1. The molecule has 0 aliphatic heterocycles. The summed E-state index contributed by atoms with van der Waals surface area (Å²) in [6.07, 6.45) is 3.30. The van der Waals surface area contributed by atoms with Crippen molar-refractivity contribution in [3.8, 4) is 17.3 Å². The molecule has 0 saturated heterocycles. The number of furan rings is 1. The fourth-order valence-corrected chi connectivity index (χ4v) is 4.71. The number of aromatic hydroxyl groups is 1. The van der Waals surface area contributed by atoms with Gasteiger partial charge in [-0.2, -0.15) is 9.50 Å². The summed E-state index contributed by atoms with van der Waals surface area (Å²) < 4.78 is 10.0. The Kier molecular flexibility index (Phi) is 7.24. The lowest BCUT2D eigenvalue weighted by molar-refractivity contribution is 0.0997. The first-order valence-corrected chi connectivity index (χ1v) is 12.7. The fourth-order valence-electron chi connectivity index (χ4n) is 3.70. The van der Waals surface area contributed by atoms with E-state index in [2.05, 4.69) is 25.1 Å². The van der Waals surface area contributed by atoms with Crippen LogP contribution in [0.25, 0.3) is 17.2 Å². The van der Waals surface area contributed by atoms with Crippen LogP contribution in [0.15, 0.2) is 70.2 Å². The van der Waals surface area contributed by atoms with Gasteiger partial charge in [0.15, 0.2) is 11.4 Å². The fraction of sp³-hybridized carbons (Fsp3) is 0.120. The van der Waals surface area contributed by atoms with Gasteiger partial charge in [-0.3, -0.25) is 4.79 Å². The van der Waals surface area contributed by atoms with Crippen molar-refractivity contribution in [2.75, 3.05) is 22.3 Å². The van der Waals surface area contributed by atoms with Gasteiger partial charge in [0.1, 0.15) is 11.6 Å². The molecule has 5 aromatic rings. The minimum atomic E-state index is -0.747. The zero-order chi connectivity index (χ0) is 26.6. The Hall–Kier alpha value is -4.42. The number of carbonyl (C=O) groups is 1. The highest BCUT2D eigenvalue weighted by molar-refractivity contribution is 8.00. The first-order valence-electron chi connectivity index (χ1n) is 11.5. The number of hydrogen-bond donors (Lipinski definition) is 5. The summed E-state index contributed by atoms with van der Waals surface area (Å²) in [6, 6.07) is 16.4. The Bertz CT molecular complexity index is 1590. The van der Waals surface area contributed by atoms with Crippen LogP contribution in [0.2, 0.25) is 5.02 Å². The second kappa shape index (κ2) is 10.9. The van der Waals surface area contributed by atoms with E-state index < -0.39 is 5.91 Å². The lowest BCUT2D eigenvalue weighted by atomic mass is 10.1. The standard InChI is InChI=1S/C25H23ClN8O3S/c26-18-12-16(11-17(22(18)35)23(27)36)38-33-15-7-5-14(6-8-15)3-1-9-29-20-13-21-31-24(19-4-2-10-37-19)32-34(21)25(28)30-20/h2,4-8,10-13,29,33,35H,1,3,9H2,(H2,27,36)(H2,28,30). The highest BCUT2D eigenvalue weighted by Gasteiger charge is 2.14. The van der Waals surface area contributed by atoms with Gasteiger partial charge >= 0.3 is 0 Å². The van der Waals surface area contributed by atoms with E-state index in [-0.39, 0.29) is 22.3 Å². The molecule has 0 aliphatic rings. The summed E-state index contributed by atoms with van der Waals surface area (Å²) in [7, 11) is 0. The molecule has 0 unspecified atom stereocenters. The number of anilines is 3. The van der Waals surface area contributed by atoms with E-state index in [1.54, 1.807) is 30.5 Å². The van der Waals surface area contributed by atoms with Crippen molar-refractivity contribution < 1.29 is 14.3 Å². The van der Waals surface area contributed by atoms with Crippen molar-refractivity contribution in [3.63, 3.8) is 0 Å². The second-order valence-corrected chi connectivity index (χ2v) is 9.57. The van der Waals surface area contributed by atoms with Crippen LogP contribution in [-0.4, -0.2) is 37.1 Å². The first kappa shape index (κ1) is 25.2. The van der Waals surface area contributed by atoms with Crippen LogP contribution in [0.1, 0.15) is 22.3 Å². The number of phenols is 1. The van der Waals surface area contributed by atoms with Crippen LogP contribution in [0.4, 0.5) is 17.5 Å². The summed E-state index contributed by atoms with van der Waals surface area (Å²) in [4.78, 5) is 21.0. The molecule has 0 radical (unpaired) electrons. The lowest BCUT2D eigenvalue weighted by Crippen LogP contribution is -2.11. The third kappa shape index (κ3) is 5.61. The smallest absolute Gasteiger partial charge is 0.252 e. The molecule has 0 bridgehead atoms. The molecule has 3 aromatic heterocycles. The third-order valence-electron chi connectivity index (χ3n) is 5.58. The van der Waals surface area contributed by atoms with Crippen LogP contribution in [0, 0.1) is 0 Å². The minimum absolute atomic E-state index is 0.0244. The number of nitrogens with two attached hydrogens (primary N) is 2. The van der Waals surface area contributed by atoms with Gasteiger partial charge in [-0.25, -0.2) is 4.98 Å². The molecule has 0 fully saturated rings. The van der Waals surface area contributed by atoms with Gasteiger partial charge in [-0.1, -0.05) is 23.7 Å². The SMILES string of the molecule is NC(=O)c1cc(SNc2ccc(CCCNc3cc4nc(-c5ccco5)nn4c(N)n3)cc2)cc(Cl)c1O. The predicted octanol–water partition coefficient (Wildman–Crippen LogP) is 4.59. The number of benzene rings is 2. The van der Waals surface area contributed by atoms with Gasteiger partial charge in [0.2, 0.25) is 11.8 Å². The Labute approximate surface area is 226 Å². The highest BCUT2D eigenvalue weighted by atomic mass is 35.5. The van der Waals surface area contributed by atoms with Crippen LogP contribution in [0.5, 0.6) is 5.75 Å². The average molecular weight is 551 g/mol. The maximum Gasteiger partial charge on any atom is 0.252 e. The van der Waals surface area contributed by atoms with Gasteiger partial charge < -0.3 is 31.0 Å². The molecular formula is C25H23ClN8O3S. The van der Waals surface area contributed by atoms with Crippen LogP contribution in [0.3, 0.4) is 0 Å². The van der Waals surface area contributed by atoms with E-state index in [1.165, 1.54) is 28.1 Å². The molecule has 0 aliphatic carbocycles. The van der Waals surface area contributed by atoms with Crippen molar-refractivity contribution in [1.82, 2.24) is 19.6 Å². The summed E-state index contributed by atoms with van der Waals surface area (Å²) in [6.45, 7) is 0.696. The van der Waals surface area contributed by atoms with Gasteiger partial charge in [0.05, 0.1) is 16.8 Å². The Balaban J connectivity index is 1.12. The molecule has 2 aromatic carbocycles. The summed E-state index contributed by atoms with van der Waals surface area (Å²) in [5, 5.41) is 17.6. The summed E-state index contributed by atoms with van der Waals surface area (Å²) in [5.74, 6) is 0.794. The molecule has 5 rings (SSSR count). The number of carbonyl (C=O) groups excluding carboxylic acids is 1. The van der Waals surface area contributed by atoms with E-state index in [9.17, 15) is 9.90 Å². The van der Waals surface area contributed by atoms with Gasteiger partial charge in [-0.15, -0.1) is 5.10 Å². The van der Waals surface area contributed by atoms with Gasteiger partial charge in [0, 0.05) is 23.2 Å². The zero-order valence-electron chi connectivity index (χ0n) is 19.9.